The molecule has 2 nitrogen and oxygen atoms in total. The number of hydrogen-bond donors (Lipinski definition) is 1. The van der Waals surface area contributed by atoms with Gasteiger partial charge in [0.1, 0.15) is 0 Å². The van der Waals surface area contributed by atoms with Crippen LogP contribution in [0.15, 0.2) is 88.5 Å². The van der Waals surface area contributed by atoms with Crippen LogP contribution in [0.2, 0.25) is 0 Å². The van der Waals surface area contributed by atoms with Crippen molar-refractivity contribution in [3.05, 3.63) is 83.6 Å². The van der Waals surface area contributed by atoms with Crippen molar-refractivity contribution >= 4 is 5.71 Å². The second-order valence-corrected chi connectivity index (χ2v) is 9.03. The first-order valence-electron chi connectivity index (χ1n) is 11.8. The normalized spacial score (nSPS) is 20.4. The summed E-state index contributed by atoms with van der Waals surface area (Å²) in [7, 11) is 1.86. The van der Waals surface area contributed by atoms with Crippen LogP contribution in [0.1, 0.15) is 65.7 Å². The Hall–Kier alpha value is -2.19. The standard InChI is InChI=1S/C29H42N2/c1-6-13-26(29(19-23(4)31-5)25-16-11-8-12-17-25)20-28(30)21-27(18-22(2)3)24-14-9-7-10-15-24/h6-7,9,11,13-14,16-17,19,26-28H,2,8,10,12,15,18,20-21,30H2,1,3-5H3/b13-6-,29-19-,31-23-. The Bertz CT molecular complexity index is 814. The highest BCUT2D eigenvalue weighted by Gasteiger charge is 2.23. The number of rotatable bonds is 11. The zero-order valence-corrected chi connectivity index (χ0v) is 20.1. The lowest BCUT2D eigenvalue weighted by Crippen LogP contribution is -2.28. The minimum absolute atomic E-state index is 0.132. The molecule has 0 bridgehead atoms. The smallest absolute Gasteiger partial charge is 0.0317 e. The van der Waals surface area contributed by atoms with Gasteiger partial charge in [0.2, 0.25) is 0 Å². The summed E-state index contributed by atoms with van der Waals surface area (Å²) >= 11 is 0. The van der Waals surface area contributed by atoms with E-state index in [1.807, 2.05) is 7.05 Å². The lowest BCUT2D eigenvalue weighted by atomic mass is 9.79. The second-order valence-electron chi connectivity index (χ2n) is 9.03. The SMILES string of the molecule is C=C(C)CC(CC(N)CC(/C=C\C)/C(=C\C(C)=N/C)C1=CCCC=C1)C1=CC=CCC1. The van der Waals surface area contributed by atoms with E-state index in [0.717, 1.165) is 50.7 Å². The predicted molar refractivity (Wildman–Crippen MR) is 138 cm³/mol. The van der Waals surface area contributed by atoms with E-state index >= 15 is 0 Å². The first-order chi connectivity index (χ1) is 14.9. The number of allylic oxidation sites excluding steroid dienone is 13. The first kappa shape index (κ1) is 25.1. The van der Waals surface area contributed by atoms with Crippen LogP contribution in [0.3, 0.4) is 0 Å². The number of aliphatic imine (C=N–C) groups is 1. The summed E-state index contributed by atoms with van der Waals surface area (Å²) in [6.45, 7) is 10.5. The fourth-order valence-corrected chi connectivity index (χ4v) is 4.60. The molecule has 3 unspecified atom stereocenters. The Kier molecular flexibility index (Phi) is 10.7. The highest BCUT2D eigenvalue weighted by Crippen LogP contribution is 2.33. The third-order valence-electron chi connectivity index (χ3n) is 6.18. The van der Waals surface area contributed by atoms with Crippen molar-refractivity contribution in [2.45, 2.75) is 71.8 Å². The topological polar surface area (TPSA) is 38.4 Å². The Morgan fingerprint density at radius 3 is 2.58 bits per heavy atom. The summed E-state index contributed by atoms with van der Waals surface area (Å²) in [5, 5.41) is 0. The van der Waals surface area contributed by atoms with E-state index in [-0.39, 0.29) is 12.0 Å². The minimum atomic E-state index is 0.132. The minimum Gasteiger partial charge on any atom is -0.328 e. The van der Waals surface area contributed by atoms with Gasteiger partial charge in [-0.2, -0.15) is 0 Å². The van der Waals surface area contributed by atoms with Gasteiger partial charge in [-0.25, -0.2) is 0 Å². The molecule has 2 aliphatic rings. The summed E-state index contributed by atoms with van der Waals surface area (Å²) in [6.07, 6.45) is 27.9. The first-order valence-corrected chi connectivity index (χ1v) is 11.8. The van der Waals surface area contributed by atoms with E-state index in [1.165, 1.54) is 22.3 Å². The van der Waals surface area contributed by atoms with Gasteiger partial charge in [0, 0.05) is 24.7 Å². The third kappa shape index (κ3) is 8.45. The lowest BCUT2D eigenvalue weighted by molar-refractivity contribution is 0.430. The van der Waals surface area contributed by atoms with Crippen molar-refractivity contribution in [1.82, 2.24) is 0 Å². The quantitative estimate of drug-likeness (QED) is 0.275. The molecule has 0 aromatic carbocycles. The maximum absolute atomic E-state index is 6.82. The maximum Gasteiger partial charge on any atom is 0.0317 e. The van der Waals surface area contributed by atoms with Gasteiger partial charge in [-0.1, -0.05) is 59.8 Å². The monoisotopic (exact) mass is 418 g/mol. The predicted octanol–water partition coefficient (Wildman–Crippen LogP) is 7.44. The number of hydrogen-bond acceptors (Lipinski definition) is 2. The van der Waals surface area contributed by atoms with E-state index in [1.54, 1.807) is 0 Å². The fourth-order valence-electron chi connectivity index (χ4n) is 4.60. The molecule has 0 fully saturated rings. The molecule has 2 N–H and O–H groups in total. The maximum atomic E-state index is 6.82. The molecule has 0 saturated carbocycles. The Morgan fingerprint density at radius 1 is 1.19 bits per heavy atom. The van der Waals surface area contributed by atoms with Crippen LogP contribution in [0.25, 0.3) is 0 Å². The van der Waals surface area contributed by atoms with E-state index in [2.05, 4.69) is 87.0 Å². The highest BCUT2D eigenvalue weighted by molar-refractivity contribution is 5.94. The third-order valence-corrected chi connectivity index (χ3v) is 6.18. The van der Waals surface area contributed by atoms with E-state index in [9.17, 15) is 0 Å². The molecule has 2 heteroatoms. The van der Waals surface area contributed by atoms with Gasteiger partial charge >= 0.3 is 0 Å². The van der Waals surface area contributed by atoms with Gasteiger partial charge in [0.05, 0.1) is 0 Å². The Morgan fingerprint density at radius 2 is 2.00 bits per heavy atom. The van der Waals surface area contributed by atoms with Crippen LogP contribution in [-0.4, -0.2) is 18.8 Å². The van der Waals surface area contributed by atoms with Crippen molar-refractivity contribution < 1.29 is 0 Å². The van der Waals surface area contributed by atoms with E-state index in [4.69, 9.17) is 5.73 Å². The van der Waals surface area contributed by atoms with Crippen LogP contribution >= 0.6 is 0 Å². The molecule has 0 saturated heterocycles. The number of nitrogens with zero attached hydrogens (tertiary/aromatic N) is 1. The summed E-state index contributed by atoms with van der Waals surface area (Å²) in [5.74, 6) is 0.778. The van der Waals surface area contributed by atoms with Crippen molar-refractivity contribution in [3.8, 4) is 0 Å². The Balaban J connectivity index is 2.24. The van der Waals surface area contributed by atoms with Crippen LogP contribution in [0, 0.1) is 11.8 Å². The second kappa shape index (κ2) is 13.3. The molecule has 0 spiro atoms. The average molecular weight is 419 g/mol. The molecule has 0 aliphatic heterocycles. The molecule has 168 valence electrons. The molecule has 3 atom stereocenters. The van der Waals surface area contributed by atoms with Gasteiger partial charge in [-0.3, -0.25) is 4.99 Å². The molecule has 31 heavy (non-hydrogen) atoms. The van der Waals surface area contributed by atoms with E-state index in [0.29, 0.717) is 5.92 Å². The summed E-state index contributed by atoms with van der Waals surface area (Å²) in [5.41, 5.74) is 13.3. The molecule has 0 amide bonds. The fraction of sp³-hybridized carbons (Fsp3) is 0.483. The molecular formula is C29H42N2. The molecule has 2 rings (SSSR count). The molecule has 0 heterocycles. The summed E-state index contributed by atoms with van der Waals surface area (Å²) in [6, 6.07) is 0.132. The summed E-state index contributed by atoms with van der Waals surface area (Å²) < 4.78 is 0. The molecule has 0 aromatic heterocycles. The summed E-state index contributed by atoms with van der Waals surface area (Å²) in [4.78, 5) is 4.40. The van der Waals surface area contributed by atoms with Crippen molar-refractivity contribution in [3.63, 3.8) is 0 Å². The van der Waals surface area contributed by atoms with Crippen LogP contribution in [0.5, 0.6) is 0 Å². The van der Waals surface area contributed by atoms with Gasteiger partial charge in [-0.15, -0.1) is 6.58 Å². The van der Waals surface area contributed by atoms with Gasteiger partial charge in [-0.05, 0) is 88.9 Å². The van der Waals surface area contributed by atoms with Gasteiger partial charge in [0.15, 0.2) is 0 Å². The van der Waals surface area contributed by atoms with Crippen LogP contribution in [0.4, 0.5) is 0 Å². The zero-order valence-electron chi connectivity index (χ0n) is 20.1. The van der Waals surface area contributed by atoms with Crippen LogP contribution in [-0.2, 0) is 0 Å². The molecule has 2 aliphatic carbocycles. The largest absolute Gasteiger partial charge is 0.328 e. The number of nitrogens with two attached hydrogens (primary N) is 1. The lowest BCUT2D eigenvalue weighted by Gasteiger charge is -2.28. The van der Waals surface area contributed by atoms with E-state index < -0.39 is 0 Å². The average Bonchev–Trinajstić information content (AvgIpc) is 2.77. The highest BCUT2D eigenvalue weighted by atomic mass is 14.7. The zero-order chi connectivity index (χ0) is 22.6. The van der Waals surface area contributed by atoms with Gasteiger partial charge < -0.3 is 5.73 Å². The molecular weight excluding hydrogens is 376 g/mol. The van der Waals surface area contributed by atoms with Crippen molar-refractivity contribution in [1.29, 1.82) is 0 Å². The Labute approximate surface area is 190 Å². The van der Waals surface area contributed by atoms with Crippen molar-refractivity contribution in [2.24, 2.45) is 22.6 Å². The van der Waals surface area contributed by atoms with Crippen LogP contribution < -0.4 is 5.73 Å². The molecule has 0 radical (unpaired) electrons. The van der Waals surface area contributed by atoms with Crippen molar-refractivity contribution in [2.75, 3.05) is 7.05 Å². The molecule has 0 aromatic rings. The van der Waals surface area contributed by atoms with Gasteiger partial charge in [0.25, 0.3) is 0 Å².